The number of hydrogen-bond donors (Lipinski definition) is 2. The minimum absolute atomic E-state index is 0.00900. The summed E-state index contributed by atoms with van der Waals surface area (Å²) in [7, 11) is 0. The SMILES string of the molecule is C[C@@H]1CCCC[C@@H]1NC(=O)CSc1ncc(C#N)c(N)n1. The summed E-state index contributed by atoms with van der Waals surface area (Å²) in [4.78, 5) is 20.0. The van der Waals surface area contributed by atoms with Gasteiger partial charge >= 0.3 is 0 Å². The summed E-state index contributed by atoms with van der Waals surface area (Å²) in [6.07, 6.45) is 6.04. The van der Waals surface area contributed by atoms with Crippen LogP contribution in [0.25, 0.3) is 0 Å². The van der Waals surface area contributed by atoms with Crippen molar-refractivity contribution < 1.29 is 4.79 Å². The topological polar surface area (TPSA) is 105 Å². The normalized spacial score (nSPS) is 21.5. The Kier molecular flexibility index (Phi) is 5.39. The number of nitrogens with zero attached hydrogens (tertiary/aromatic N) is 3. The van der Waals surface area contributed by atoms with Gasteiger partial charge in [0.2, 0.25) is 5.91 Å². The highest BCUT2D eigenvalue weighted by Crippen LogP contribution is 2.24. The molecule has 21 heavy (non-hydrogen) atoms. The van der Waals surface area contributed by atoms with Gasteiger partial charge in [-0.3, -0.25) is 4.79 Å². The van der Waals surface area contributed by atoms with E-state index in [1.54, 1.807) is 0 Å². The molecular formula is C14H19N5OS. The van der Waals surface area contributed by atoms with E-state index in [0.29, 0.717) is 11.1 Å². The molecule has 1 aromatic rings. The lowest BCUT2D eigenvalue weighted by Gasteiger charge is -2.29. The number of nitrogens with one attached hydrogen (secondary N) is 1. The molecule has 1 heterocycles. The lowest BCUT2D eigenvalue weighted by Crippen LogP contribution is -2.41. The number of rotatable bonds is 4. The minimum atomic E-state index is -0.00900. The van der Waals surface area contributed by atoms with Crippen LogP contribution in [0.5, 0.6) is 0 Å². The number of anilines is 1. The van der Waals surface area contributed by atoms with Gasteiger partial charge in [-0.15, -0.1) is 0 Å². The predicted octanol–water partition coefficient (Wildman–Crippen LogP) is 1.72. The molecule has 1 aliphatic carbocycles. The number of nitriles is 1. The third-order valence-electron chi connectivity index (χ3n) is 3.71. The highest BCUT2D eigenvalue weighted by Gasteiger charge is 2.22. The van der Waals surface area contributed by atoms with Crippen molar-refractivity contribution in [1.82, 2.24) is 15.3 Å². The van der Waals surface area contributed by atoms with Gasteiger partial charge in [-0.25, -0.2) is 9.97 Å². The number of thioether (sulfide) groups is 1. The van der Waals surface area contributed by atoms with Crippen LogP contribution in [-0.2, 0) is 4.79 Å². The molecule has 1 aromatic heterocycles. The Hall–Kier alpha value is -1.81. The molecule has 0 unspecified atom stereocenters. The van der Waals surface area contributed by atoms with Gasteiger partial charge in [0, 0.05) is 6.04 Å². The zero-order valence-corrected chi connectivity index (χ0v) is 12.8. The maximum absolute atomic E-state index is 12.0. The zero-order valence-electron chi connectivity index (χ0n) is 12.0. The standard InChI is InChI=1S/C14H19N5OS/c1-9-4-2-3-5-11(9)18-12(20)8-21-14-17-7-10(6-15)13(16)19-14/h7,9,11H,2-5,8H2,1H3,(H,18,20)(H2,16,17,19)/t9-,11+/m1/s1. The van der Waals surface area contributed by atoms with Crippen LogP contribution in [0.4, 0.5) is 5.82 Å². The Morgan fingerprint density at radius 1 is 1.57 bits per heavy atom. The smallest absolute Gasteiger partial charge is 0.230 e. The lowest BCUT2D eigenvalue weighted by molar-refractivity contribution is -0.119. The second-order valence-corrected chi connectivity index (χ2v) is 6.23. The van der Waals surface area contributed by atoms with Crippen molar-refractivity contribution in [2.75, 3.05) is 11.5 Å². The molecule has 0 radical (unpaired) electrons. The molecule has 1 aliphatic rings. The summed E-state index contributed by atoms with van der Waals surface area (Å²) in [5.41, 5.74) is 5.87. The highest BCUT2D eigenvalue weighted by molar-refractivity contribution is 7.99. The average Bonchev–Trinajstić information content (AvgIpc) is 2.48. The third kappa shape index (κ3) is 4.33. The van der Waals surface area contributed by atoms with Gasteiger partial charge < -0.3 is 11.1 Å². The molecule has 1 saturated carbocycles. The van der Waals surface area contributed by atoms with Gasteiger partial charge in [-0.2, -0.15) is 5.26 Å². The van der Waals surface area contributed by atoms with E-state index >= 15 is 0 Å². The first-order valence-corrected chi connectivity index (χ1v) is 8.03. The van der Waals surface area contributed by atoms with Crippen LogP contribution in [0.1, 0.15) is 38.2 Å². The molecule has 2 rings (SSSR count). The summed E-state index contributed by atoms with van der Waals surface area (Å²) >= 11 is 1.23. The summed E-state index contributed by atoms with van der Waals surface area (Å²) in [6, 6.07) is 2.18. The molecule has 1 fully saturated rings. The number of nitrogen functional groups attached to an aromatic ring is 1. The first-order chi connectivity index (χ1) is 10.1. The quantitative estimate of drug-likeness (QED) is 0.648. The van der Waals surface area contributed by atoms with Crippen LogP contribution < -0.4 is 11.1 Å². The van der Waals surface area contributed by atoms with E-state index in [1.807, 2.05) is 6.07 Å². The first-order valence-electron chi connectivity index (χ1n) is 7.05. The molecule has 0 bridgehead atoms. The molecule has 0 saturated heterocycles. The largest absolute Gasteiger partial charge is 0.382 e. The van der Waals surface area contributed by atoms with Crippen molar-refractivity contribution in [3.8, 4) is 6.07 Å². The van der Waals surface area contributed by atoms with Crippen molar-refractivity contribution in [1.29, 1.82) is 5.26 Å². The fraction of sp³-hybridized carbons (Fsp3) is 0.571. The highest BCUT2D eigenvalue weighted by atomic mass is 32.2. The Morgan fingerprint density at radius 2 is 2.33 bits per heavy atom. The first kappa shape index (κ1) is 15.6. The van der Waals surface area contributed by atoms with E-state index in [4.69, 9.17) is 11.0 Å². The van der Waals surface area contributed by atoms with Gasteiger partial charge in [0.15, 0.2) is 5.16 Å². The fourth-order valence-electron chi connectivity index (χ4n) is 2.44. The Morgan fingerprint density at radius 3 is 3.00 bits per heavy atom. The number of amides is 1. The van der Waals surface area contributed by atoms with Crippen molar-refractivity contribution in [3.63, 3.8) is 0 Å². The Bertz CT molecular complexity index is 557. The second-order valence-electron chi connectivity index (χ2n) is 5.29. The molecule has 1 amide bonds. The summed E-state index contributed by atoms with van der Waals surface area (Å²) in [5.74, 6) is 0.935. The van der Waals surface area contributed by atoms with Gasteiger partial charge in [0.05, 0.1) is 11.9 Å². The van der Waals surface area contributed by atoms with Crippen LogP contribution in [0.15, 0.2) is 11.4 Å². The second kappa shape index (κ2) is 7.27. The van der Waals surface area contributed by atoms with Crippen LogP contribution in [-0.4, -0.2) is 27.7 Å². The van der Waals surface area contributed by atoms with Crippen LogP contribution in [0.3, 0.4) is 0 Å². The van der Waals surface area contributed by atoms with E-state index in [2.05, 4.69) is 22.2 Å². The van der Waals surface area contributed by atoms with E-state index in [1.165, 1.54) is 37.2 Å². The van der Waals surface area contributed by atoms with Gasteiger partial charge in [-0.1, -0.05) is 31.5 Å². The lowest BCUT2D eigenvalue weighted by atomic mass is 9.86. The van der Waals surface area contributed by atoms with Gasteiger partial charge in [0.25, 0.3) is 0 Å². The average molecular weight is 305 g/mol. The summed E-state index contributed by atoms with van der Waals surface area (Å²) < 4.78 is 0. The maximum Gasteiger partial charge on any atom is 0.230 e. The fourth-order valence-corrected chi connectivity index (χ4v) is 3.08. The molecule has 0 spiro atoms. The van der Waals surface area contributed by atoms with E-state index in [-0.39, 0.29) is 29.1 Å². The third-order valence-corrected chi connectivity index (χ3v) is 4.57. The number of nitrogens with two attached hydrogens (primary N) is 1. The number of hydrogen-bond acceptors (Lipinski definition) is 6. The molecule has 2 atom stereocenters. The molecule has 3 N–H and O–H groups in total. The number of carbonyl (C=O) groups is 1. The van der Waals surface area contributed by atoms with Crippen molar-refractivity contribution in [3.05, 3.63) is 11.8 Å². The van der Waals surface area contributed by atoms with Crippen molar-refractivity contribution >= 4 is 23.5 Å². The molecule has 6 nitrogen and oxygen atoms in total. The maximum atomic E-state index is 12.0. The molecule has 0 aromatic carbocycles. The van der Waals surface area contributed by atoms with E-state index in [9.17, 15) is 4.79 Å². The monoisotopic (exact) mass is 305 g/mol. The number of aromatic nitrogens is 2. The van der Waals surface area contributed by atoms with Crippen molar-refractivity contribution in [2.24, 2.45) is 5.92 Å². The predicted molar refractivity (Wildman–Crippen MR) is 81.4 cm³/mol. The molecule has 0 aliphatic heterocycles. The van der Waals surface area contributed by atoms with Crippen molar-refractivity contribution in [2.45, 2.75) is 43.8 Å². The molecule has 7 heteroatoms. The molecular weight excluding hydrogens is 286 g/mol. The molecule has 112 valence electrons. The Labute approximate surface area is 128 Å². The minimum Gasteiger partial charge on any atom is -0.382 e. The zero-order chi connectivity index (χ0) is 15.2. The summed E-state index contributed by atoms with van der Waals surface area (Å²) in [6.45, 7) is 2.18. The summed E-state index contributed by atoms with van der Waals surface area (Å²) in [5, 5.41) is 12.2. The van der Waals surface area contributed by atoms with Crippen LogP contribution in [0, 0.1) is 17.2 Å². The number of carbonyl (C=O) groups excluding carboxylic acids is 1. The van der Waals surface area contributed by atoms with Gasteiger partial charge in [0.1, 0.15) is 17.5 Å². The van der Waals surface area contributed by atoms with E-state index < -0.39 is 0 Å². The Balaban J connectivity index is 1.83. The van der Waals surface area contributed by atoms with Crippen LogP contribution in [0.2, 0.25) is 0 Å². The van der Waals surface area contributed by atoms with Crippen LogP contribution >= 0.6 is 11.8 Å². The van der Waals surface area contributed by atoms with Gasteiger partial charge in [-0.05, 0) is 18.8 Å². The van der Waals surface area contributed by atoms with E-state index in [0.717, 1.165) is 6.42 Å².